The van der Waals surface area contributed by atoms with Gasteiger partial charge in [0.15, 0.2) is 11.5 Å². The predicted octanol–water partition coefficient (Wildman–Crippen LogP) is 4.30. The van der Waals surface area contributed by atoms with Gasteiger partial charge in [-0.25, -0.2) is 0 Å². The number of rotatable bonds is 9. The molecule has 1 aliphatic heterocycles. The highest BCUT2D eigenvalue weighted by molar-refractivity contribution is 5.94. The largest absolute Gasteiger partial charge is 0.494 e. The quantitative estimate of drug-likeness (QED) is 0.681. The van der Waals surface area contributed by atoms with E-state index in [0.29, 0.717) is 12.1 Å². The molecule has 5 nitrogen and oxygen atoms in total. The van der Waals surface area contributed by atoms with Crippen LogP contribution < -0.4 is 19.5 Å². The molecule has 0 unspecified atom stereocenters. The van der Waals surface area contributed by atoms with Crippen LogP contribution in [0, 0.1) is 0 Å². The number of amides is 1. The first-order valence-electron chi connectivity index (χ1n) is 9.16. The van der Waals surface area contributed by atoms with Crippen LogP contribution in [0.25, 0.3) is 0 Å². The minimum atomic E-state index is -0.114. The Balaban J connectivity index is 1.45. The molecule has 5 heteroatoms. The van der Waals surface area contributed by atoms with Crippen LogP contribution in [0.5, 0.6) is 17.2 Å². The third-order valence-corrected chi connectivity index (χ3v) is 4.27. The number of hydrogen-bond acceptors (Lipinski definition) is 4. The molecule has 0 atom stereocenters. The fourth-order valence-electron chi connectivity index (χ4n) is 2.76. The van der Waals surface area contributed by atoms with Crippen LogP contribution >= 0.6 is 0 Å². The summed E-state index contributed by atoms with van der Waals surface area (Å²) in [7, 11) is 0. The second kappa shape index (κ2) is 9.13. The fourth-order valence-corrected chi connectivity index (χ4v) is 2.76. The van der Waals surface area contributed by atoms with E-state index in [1.807, 2.05) is 30.3 Å². The minimum absolute atomic E-state index is 0.114. The van der Waals surface area contributed by atoms with Crippen LogP contribution in [0.3, 0.4) is 0 Å². The van der Waals surface area contributed by atoms with Crippen molar-refractivity contribution < 1.29 is 19.0 Å². The highest BCUT2D eigenvalue weighted by atomic mass is 16.7. The van der Waals surface area contributed by atoms with Crippen LogP contribution in [0.15, 0.2) is 42.5 Å². The second-order valence-electron chi connectivity index (χ2n) is 6.30. The lowest BCUT2D eigenvalue weighted by molar-refractivity contribution is 0.0951. The van der Waals surface area contributed by atoms with Gasteiger partial charge in [0.25, 0.3) is 5.91 Å². The number of ether oxygens (including phenoxy) is 3. The Labute approximate surface area is 154 Å². The molecule has 0 bridgehead atoms. The first kappa shape index (κ1) is 18.1. The molecule has 138 valence electrons. The van der Waals surface area contributed by atoms with Crippen molar-refractivity contribution >= 4 is 5.91 Å². The maximum atomic E-state index is 12.3. The topological polar surface area (TPSA) is 56.8 Å². The number of carbonyl (C=O) groups is 1. The Morgan fingerprint density at radius 2 is 1.85 bits per heavy atom. The SMILES string of the molecule is CCCCCCOc1ccc(C(=O)NCc2ccc3c(c2)OCO3)cc1. The number of carbonyl (C=O) groups excluding carboxylic acids is 1. The summed E-state index contributed by atoms with van der Waals surface area (Å²) in [6.07, 6.45) is 4.71. The van der Waals surface area contributed by atoms with E-state index in [1.165, 1.54) is 19.3 Å². The van der Waals surface area contributed by atoms with Gasteiger partial charge in [-0.05, 0) is 48.4 Å². The fraction of sp³-hybridized carbons (Fsp3) is 0.381. The highest BCUT2D eigenvalue weighted by Gasteiger charge is 2.13. The number of unbranched alkanes of at least 4 members (excludes halogenated alkanes) is 3. The van der Waals surface area contributed by atoms with Gasteiger partial charge in [0.2, 0.25) is 6.79 Å². The monoisotopic (exact) mass is 355 g/mol. The van der Waals surface area contributed by atoms with Gasteiger partial charge in [-0.15, -0.1) is 0 Å². The van der Waals surface area contributed by atoms with E-state index in [4.69, 9.17) is 14.2 Å². The molecular formula is C21H25NO4. The summed E-state index contributed by atoms with van der Waals surface area (Å²) in [5.74, 6) is 2.15. The summed E-state index contributed by atoms with van der Waals surface area (Å²) >= 11 is 0. The summed E-state index contributed by atoms with van der Waals surface area (Å²) in [4.78, 5) is 12.3. The number of benzene rings is 2. The maximum absolute atomic E-state index is 12.3. The molecule has 1 heterocycles. The molecule has 0 aliphatic carbocycles. The van der Waals surface area contributed by atoms with Crippen molar-refractivity contribution in [2.75, 3.05) is 13.4 Å². The molecule has 0 spiro atoms. The summed E-state index contributed by atoms with van der Waals surface area (Å²) in [6.45, 7) is 3.59. The van der Waals surface area contributed by atoms with Crippen molar-refractivity contribution in [3.63, 3.8) is 0 Å². The summed E-state index contributed by atoms with van der Waals surface area (Å²) in [6, 6.07) is 12.9. The lowest BCUT2D eigenvalue weighted by atomic mass is 10.1. The van der Waals surface area contributed by atoms with Crippen LogP contribution in [0.1, 0.15) is 48.5 Å². The molecule has 0 radical (unpaired) electrons. The Kier molecular flexibility index (Phi) is 6.36. The molecule has 0 aromatic heterocycles. The van der Waals surface area contributed by atoms with E-state index >= 15 is 0 Å². The standard InChI is InChI=1S/C21H25NO4/c1-2-3-4-5-12-24-18-9-7-17(8-10-18)21(23)22-14-16-6-11-19-20(13-16)26-15-25-19/h6-11,13H,2-5,12,14-15H2,1H3,(H,22,23). The van der Waals surface area contributed by atoms with E-state index in [9.17, 15) is 4.79 Å². The molecular weight excluding hydrogens is 330 g/mol. The van der Waals surface area contributed by atoms with Crippen LogP contribution in [-0.2, 0) is 6.54 Å². The van der Waals surface area contributed by atoms with Crippen molar-refractivity contribution in [3.8, 4) is 17.2 Å². The first-order chi connectivity index (χ1) is 12.8. The van der Waals surface area contributed by atoms with Gasteiger partial charge >= 0.3 is 0 Å². The number of nitrogens with one attached hydrogen (secondary N) is 1. The van der Waals surface area contributed by atoms with Crippen molar-refractivity contribution in [3.05, 3.63) is 53.6 Å². The van der Waals surface area contributed by atoms with Crippen LogP contribution in [0.4, 0.5) is 0 Å². The molecule has 2 aromatic rings. The predicted molar refractivity (Wildman–Crippen MR) is 99.8 cm³/mol. The second-order valence-corrected chi connectivity index (χ2v) is 6.30. The van der Waals surface area contributed by atoms with Crippen molar-refractivity contribution in [2.45, 2.75) is 39.2 Å². The molecule has 1 amide bonds. The van der Waals surface area contributed by atoms with Crippen molar-refractivity contribution in [1.29, 1.82) is 0 Å². The molecule has 3 rings (SSSR count). The Morgan fingerprint density at radius 3 is 2.65 bits per heavy atom. The van der Waals surface area contributed by atoms with Gasteiger partial charge in [-0.1, -0.05) is 32.3 Å². The zero-order valence-electron chi connectivity index (χ0n) is 15.1. The zero-order chi connectivity index (χ0) is 18.2. The van der Waals surface area contributed by atoms with Gasteiger partial charge in [0.1, 0.15) is 5.75 Å². The molecule has 2 aromatic carbocycles. The average Bonchev–Trinajstić information content (AvgIpc) is 3.14. The maximum Gasteiger partial charge on any atom is 0.251 e. The molecule has 0 saturated heterocycles. The van der Waals surface area contributed by atoms with Gasteiger partial charge in [-0.3, -0.25) is 4.79 Å². The van der Waals surface area contributed by atoms with E-state index in [2.05, 4.69) is 12.2 Å². The molecule has 1 N–H and O–H groups in total. The van der Waals surface area contributed by atoms with E-state index in [-0.39, 0.29) is 12.7 Å². The van der Waals surface area contributed by atoms with Crippen LogP contribution in [-0.4, -0.2) is 19.3 Å². The normalized spacial score (nSPS) is 12.0. The lowest BCUT2D eigenvalue weighted by Crippen LogP contribution is -2.22. The number of fused-ring (bicyclic) bond motifs is 1. The Morgan fingerprint density at radius 1 is 1.04 bits per heavy atom. The van der Waals surface area contributed by atoms with Crippen molar-refractivity contribution in [1.82, 2.24) is 5.32 Å². The van der Waals surface area contributed by atoms with Gasteiger partial charge < -0.3 is 19.5 Å². The minimum Gasteiger partial charge on any atom is -0.494 e. The van der Waals surface area contributed by atoms with E-state index in [1.54, 1.807) is 12.1 Å². The van der Waals surface area contributed by atoms with E-state index in [0.717, 1.165) is 35.8 Å². The van der Waals surface area contributed by atoms with Crippen LogP contribution in [0.2, 0.25) is 0 Å². The lowest BCUT2D eigenvalue weighted by Gasteiger charge is -2.08. The zero-order valence-corrected chi connectivity index (χ0v) is 15.1. The van der Waals surface area contributed by atoms with Crippen molar-refractivity contribution in [2.24, 2.45) is 0 Å². The molecule has 26 heavy (non-hydrogen) atoms. The summed E-state index contributed by atoms with van der Waals surface area (Å²) in [5.41, 5.74) is 1.58. The Hall–Kier alpha value is -2.69. The van der Waals surface area contributed by atoms with Gasteiger partial charge in [0.05, 0.1) is 6.61 Å². The molecule has 0 fully saturated rings. The van der Waals surface area contributed by atoms with E-state index < -0.39 is 0 Å². The third kappa shape index (κ3) is 4.91. The molecule has 0 saturated carbocycles. The van der Waals surface area contributed by atoms with Gasteiger partial charge in [0, 0.05) is 12.1 Å². The number of hydrogen-bond donors (Lipinski definition) is 1. The Bertz CT molecular complexity index is 727. The smallest absolute Gasteiger partial charge is 0.251 e. The van der Waals surface area contributed by atoms with Gasteiger partial charge in [-0.2, -0.15) is 0 Å². The highest BCUT2D eigenvalue weighted by Crippen LogP contribution is 2.32. The summed E-state index contributed by atoms with van der Waals surface area (Å²) < 4.78 is 16.3. The third-order valence-electron chi connectivity index (χ3n) is 4.27. The molecule has 1 aliphatic rings. The summed E-state index contributed by atoms with van der Waals surface area (Å²) in [5, 5.41) is 2.92. The average molecular weight is 355 g/mol. The first-order valence-corrected chi connectivity index (χ1v) is 9.16.